The molecule has 0 radical (unpaired) electrons. The number of hydrogen-bond acceptors (Lipinski definition) is 8. The van der Waals surface area contributed by atoms with Crippen LogP contribution in [0.5, 0.6) is 11.5 Å². The zero-order valence-electron chi connectivity index (χ0n) is 21.2. The molecule has 11 heteroatoms. The van der Waals surface area contributed by atoms with Gasteiger partial charge in [0.2, 0.25) is 16.0 Å². The van der Waals surface area contributed by atoms with Crippen LogP contribution in [0.25, 0.3) is 0 Å². The van der Waals surface area contributed by atoms with Gasteiger partial charge in [-0.15, -0.1) is 0 Å². The molecule has 3 rings (SSSR count). The fourth-order valence-corrected chi connectivity index (χ4v) is 4.27. The second-order valence-electron chi connectivity index (χ2n) is 9.09. The van der Waals surface area contributed by atoms with Crippen molar-refractivity contribution < 1.29 is 17.9 Å². The van der Waals surface area contributed by atoms with Gasteiger partial charge >= 0.3 is 0 Å². The van der Waals surface area contributed by atoms with Crippen molar-refractivity contribution in [2.24, 2.45) is 5.73 Å². The van der Waals surface area contributed by atoms with Crippen molar-refractivity contribution in [1.82, 2.24) is 9.97 Å². The second-order valence-corrected chi connectivity index (χ2v) is 11.7. The molecule has 196 valence electrons. The zero-order chi connectivity index (χ0) is 27.2. The predicted octanol–water partition coefficient (Wildman–Crippen LogP) is 4.39. The molecule has 0 unspecified atom stereocenters. The fraction of sp³-hybridized carbons (Fsp3) is 0.346. The minimum absolute atomic E-state index is 0.00161. The number of rotatable bonds is 11. The average Bonchev–Trinajstić information content (AvgIpc) is 2.86. The smallest absolute Gasteiger partial charge is 0.237 e. The van der Waals surface area contributed by atoms with Gasteiger partial charge in [-0.25, -0.2) is 18.4 Å². The number of nitrogens with zero attached hydrogens (tertiary/aromatic N) is 3. The van der Waals surface area contributed by atoms with E-state index in [0.29, 0.717) is 34.3 Å². The van der Waals surface area contributed by atoms with E-state index in [4.69, 9.17) is 26.8 Å². The Morgan fingerprint density at radius 3 is 2.46 bits per heavy atom. The molecule has 0 amide bonds. The molecule has 0 aliphatic heterocycles. The lowest BCUT2D eigenvalue weighted by atomic mass is 9.77. The largest absolute Gasteiger partial charge is 0.489 e. The average molecular weight is 544 g/mol. The van der Waals surface area contributed by atoms with Crippen molar-refractivity contribution in [3.05, 3.63) is 76.1 Å². The summed E-state index contributed by atoms with van der Waals surface area (Å²) >= 11 is 6.44. The normalized spacial score (nSPS) is 11.7. The molecule has 1 heterocycles. The first-order valence-corrected chi connectivity index (χ1v) is 13.5. The molecule has 0 bridgehead atoms. The SMILES string of the molecule is CC(C)S(=O)(=O)Nc1nccc(COc2ccc(C(C)(C)c3cc(Cl)c(OCCN)c(C#N)c3)cc2)n1. The van der Waals surface area contributed by atoms with Crippen LogP contribution in [0.4, 0.5) is 5.95 Å². The van der Waals surface area contributed by atoms with Gasteiger partial charge in [-0.3, -0.25) is 4.72 Å². The molecule has 2 aromatic carbocycles. The molecule has 3 N–H and O–H groups in total. The van der Waals surface area contributed by atoms with E-state index in [2.05, 4.69) is 20.8 Å². The predicted molar refractivity (Wildman–Crippen MR) is 143 cm³/mol. The quantitative estimate of drug-likeness (QED) is 0.362. The first kappa shape index (κ1) is 28.2. The molecule has 0 aliphatic rings. The van der Waals surface area contributed by atoms with Crippen LogP contribution in [0.1, 0.15) is 50.1 Å². The molecule has 0 atom stereocenters. The van der Waals surface area contributed by atoms with Crippen molar-refractivity contribution in [1.29, 1.82) is 5.26 Å². The maximum absolute atomic E-state index is 12.1. The van der Waals surface area contributed by atoms with Gasteiger partial charge in [0.15, 0.2) is 5.75 Å². The van der Waals surface area contributed by atoms with E-state index in [9.17, 15) is 13.7 Å². The molecular weight excluding hydrogens is 514 g/mol. The number of benzene rings is 2. The van der Waals surface area contributed by atoms with Crippen LogP contribution in [-0.2, 0) is 22.0 Å². The number of nitriles is 1. The van der Waals surface area contributed by atoms with E-state index >= 15 is 0 Å². The summed E-state index contributed by atoms with van der Waals surface area (Å²) in [6.45, 7) is 7.94. The minimum Gasteiger partial charge on any atom is -0.489 e. The van der Waals surface area contributed by atoms with Gasteiger partial charge < -0.3 is 15.2 Å². The Kier molecular flexibility index (Phi) is 8.97. The van der Waals surface area contributed by atoms with Crippen molar-refractivity contribution in [2.75, 3.05) is 17.9 Å². The van der Waals surface area contributed by atoms with Gasteiger partial charge in [0.1, 0.15) is 25.0 Å². The monoisotopic (exact) mass is 543 g/mol. The van der Waals surface area contributed by atoms with Crippen molar-refractivity contribution in [2.45, 2.75) is 45.0 Å². The molecule has 0 saturated carbocycles. The lowest BCUT2D eigenvalue weighted by molar-refractivity contribution is 0.301. The van der Waals surface area contributed by atoms with Gasteiger partial charge in [0, 0.05) is 18.2 Å². The number of hydrogen-bond donors (Lipinski definition) is 2. The Labute approximate surface area is 222 Å². The molecule has 9 nitrogen and oxygen atoms in total. The summed E-state index contributed by atoms with van der Waals surface area (Å²) in [6, 6.07) is 15.0. The Bertz CT molecular complexity index is 1390. The number of nitrogens with two attached hydrogens (primary N) is 1. The van der Waals surface area contributed by atoms with E-state index in [1.807, 2.05) is 38.1 Å². The molecule has 3 aromatic rings. The molecule has 37 heavy (non-hydrogen) atoms. The zero-order valence-corrected chi connectivity index (χ0v) is 22.7. The summed E-state index contributed by atoms with van der Waals surface area (Å²) in [5.41, 5.74) is 7.77. The van der Waals surface area contributed by atoms with Gasteiger partial charge in [0.05, 0.1) is 21.5 Å². The van der Waals surface area contributed by atoms with Crippen molar-refractivity contribution in [3.8, 4) is 17.6 Å². The summed E-state index contributed by atoms with van der Waals surface area (Å²) in [5, 5.41) is 9.36. The number of aromatic nitrogens is 2. The van der Waals surface area contributed by atoms with E-state index in [1.165, 1.54) is 6.20 Å². The Balaban J connectivity index is 1.74. The van der Waals surface area contributed by atoms with Gasteiger partial charge in [-0.2, -0.15) is 5.26 Å². The lowest BCUT2D eigenvalue weighted by Gasteiger charge is -2.27. The molecule has 0 saturated heterocycles. The standard InChI is InChI=1S/C26H30ClN5O4S/c1-17(2)37(33,34)32-25-30-11-9-21(31-25)16-36-22-7-5-19(6-8-22)26(3,4)20-13-18(15-29)24(23(27)14-20)35-12-10-28/h5-9,11,13-14,17H,10,12,16,28H2,1-4H3,(H,30,31,32). The number of anilines is 1. The lowest BCUT2D eigenvalue weighted by Crippen LogP contribution is -2.23. The Hall–Kier alpha value is -3.39. The highest BCUT2D eigenvalue weighted by molar-refractivity contribution is 7.93. The summed E-state index contributed by atoms with van der Waals surface area (Å²) in [4.78, 5) is 8.19. The molecular formula is C26H30ClN5O4S. The third-order valence-corrected chi connectivity index (χ3v) is 7.77. The van der Waals surface area contributed by atoms with E-state index < -0.39 is 20.7 Å². The first-order chi connectivity index (χ1) is 17.5. The van der Waals surface area contributed by atoms with Gasteiger partial charge in [-0.05, 0) is 55.3 Å². The van der Waals surface area contributed by atoms with Crippen LogP contribution in [-0.4, -0.2) is 36.8 Å². The van der Waals surface area contributed by atoms with Crippen LogP contribution in [0, 0.1) is 11.3 Å². The van der Waals surface area contributed by atoms with Gasteiger partial charge in [0.25, 0.3) is 0 Å². The van der Waals surface area contributed by atoms with Crippen LogP contribution >= 0.6 is 11.6 Å². The summed E-state index contributed by atoms with van der Waals surface area (Å²) in [7, 11) is -3.54. The van der Waals surface area contributed by atoms with E-state index in [-0.39, 0.29) is 19.2 Å². The van der Waals surface area contributed by atoms with Gasteiger partial charge in [-0.1, -0.05) is 37.6 Å². The summed E-state index contributed by atoms with van der Waals surface area (Å²) in [6.07, 6.45) is 1.47. The second kappa shape index (κ2) is 11.8. The highest BCUT2D eigenvalue weighted by Gasteiger charge is 2.26. The topological polar surface area (TPSA) is 140 Å². The van der Waals surface area contributed by atoms with Crippen molar-refractivity contribution in [3.63, 3.8) is 0 Å². The van der Waals surface area contributed by atoms with Crippen LogP contribution in [0.15, 0.2) is 48.7 Å². The number of ether oxygens (including phenoxy) is 2. The van der Waals surface area contributed by atoms with Crippen LogP contribution < -0.4 is 19.9 Å². The first-order valence-electron chi connectivity index (χ1n) is 11.6. The Morgan fingerprint density at radius 1 is 1.14 bits per heavy atom. The third kappa shape index (κ3) is 6.89. The number of halogens is 1. The molecule has 0 spiro atoms. The highest BCUT2D eigenvalue weighted by Crippen LogP contribution is 2.38. The maximum Gasteiger partial charge on any atom is 0.237 e. The van der Waals surface area contributed by atoms with E-state index in [1.54, 1.807) is 32.0 Å². The minimum atomic E-state index is -3.54. The van der Waals surface area contributed by atoms with E-state index in [0.717, 1.165) is 11.1 Å². The number of nitrogens with one attached hydrogen (secondary N) is 1. The fourth-order valence-electron chi connectivity index (χ4n) is 3.41. The van der Waals surface area contributed by atoms with Crippen molar-refractivity contribution >= 4 is 27.6 Å². The third-order valence-electron chi connectivity index (χ3n) is 5.78. The summed E-state index contributed by atoms with van der Waals surface area (Å²) in [5.74, 6) is 0.952. The van der Waals surface area contributed by atoms with Crippen LogP contribution in [0.2, 0.25) is 5.02 Å². The highest BCUT2D eigenvalue weighted by atomic mass is 35.5. The molecule has 0 aliphatic carbocycles. The Morgan fingerprint density at radius 2 is 1.84 bits per heavy atom. The molecule has 1 aromatic heterocycles. The maximum atomic E-state index is 12.1. The molecule has 0 fully saturated rings. The van der Waals surface area contributed by atoms with Crippen LogP contribution in [0.3, 0.4) is 0 Å². The number of sulfonamides is 1. The summed E-state index contributed by atoms with van der Waals surface area (Å²) < 4.78 is 37.9.